The number of nitriles is 1. The lowest BCUT2D eigenvalue weighted by molar-refractivity contribution is -0.119. The Hall–Kier alpha value is -3.27. The number of carbonyl (C=O) groups excluding carboxylic acids is 2. The highest BCUT2D eigenvalue weighted by Crippen LogP contribution is 2.28. The maximum Gasteiger partial charge on any atom is 0.357 e. The van der Waals surface area contributed by atoms with Crippen molar-refractivity contribution in [1.82, 2.24) is 4.57 Å². The van der Waals surface area contributed by atoms with Crippen LogP contribution in [-0.4, -0.2) is 30.1 Å². The number of nitrogens with two attached hydrogens (primary N) is 1. The smallest absolute Gasteiger partial charge is 0.357 e. The molecule has 1 aliphatic rings. The van der Waals surface area contributed by atoms with Crippen molar-refractivity contribution in [3.8, 4) is 11.8 Å². The molecule has 0 radical (unpaired) electrons. The van der Waals surface area contributed by atoms with Gasteiger partial charge < -0.3 is 19.9 Å². The molecule has 2 N–H and O–H groups in total. The number of hydrogen-bond donors (Lipinski definition) is 1. The highest BCUT2D eigenvalue weighted by molar-refractivity contribution is 5.96. The van der Waals surface area contributed by atoms with Crippen molar-refractivity contribution in [2.45, 2.75) is 19.3 Å². The number of anilines is 2. The van der Waals surface area contributed by atoms with Gasteiger partial charge in [-0.05, 0) is 31.0 Å². The second-order valence-corrected chi connectivity index (χ2v) is 5.80. The Morgan fingerprint density at radius 2 is 2.08 bits per heavy atom. The first kappa shape index (κ1) is 16.6. The summed E-state index contributed by atoms with van der Waals surface area (Å²) in [6, 6.07) is 9.21. The van der Waals surface area contributed by atoms with Gasteiger partial charge in [0.25, 0.3) is 0 Å². The molecule has 128 valence electrons. The Labute approximate surface area is 145 Å². The summed E-state index contributed by atoms with van der Waals surface area (Å²) in [6.07, 6.45) is 3.89. The van der Waals surface area contributed by atoms with Crippen LogP contribution in [0.3, 0.4) is 0 Å². The summed E-state index contributed by atoms with van der Waals surface area (Å²) < 4.78 is 6.31. The van der Waals surface area contributed by atoms with Crippen LogP contribution in [0.5, 0.6) is 0 Å². The van der Waals surface area contributed by atoms with Gasteiger partial charge in [0.15, 0.2) is 5.69 Å². The molecule has 2 aromatic rings. The fraction of sp³-hybridized carbons (Fsp3) is 0.278. The average molecular weight is 338 g/mol. The number of methoxy groups -OCH3 is 1. The van der Waals surface area contributed by atoms with E-state index in [0.717, 1.165) is 18.5 Å². The lowest BCUT2D eigenvalue weighted by Gasteiger charge is -2.27. The topological polar surface area (TPSA) is 101 Å². The zero-order valence-corrected chi connectivity index (χ0v) is 13.9. The van der Waals surface area contributed by atoms with E-state index in [4.69, 9.17) is 10.5 Å². The molecule has 1 amide bonds. The average Bonchev–Trinajstić information content (AvgIpc) is 2.98. The van der Waals surface area contributed by atoms with Crippen molar-refractivity contribution in [3.05, 3.63) is 41.7 Å². The van der Waals surface area contributed by atoms with Gasteiger partial charge >= 0.3 is 5.97 Å². The Morgan fingerprint density at radius 3 is 2.76 bits per heavy atom. The third-order valence-corrected chi connectivity index (χ3v) is 4.29. The Bertz CT molecular complexity index is 879. The molecule has 1 saturated heterocycles. The van der Waals surface area contributed by atoms with Gasteiger partial charge in [0.1, 0.15) is 6.07 Å². The third-order valence-electron chi connectivity index (χ3n) is 4.29. The van der Waals surface area contributed by atoms with Crippen LogP contribution < -0.4 is 10.6 Å². The van der Waals surface area contributed by atoms with Gasteiger partial charge in [0.2, 0.25) is 5.91 Å². The molecule has 0 atom stereocenters. The van der Waals surface area contributed by atoms with Crippen LogP contribution in [0.15, 0.2) is 30.5 Å². The van der Waals surface area contributed by atoms with Crippen molar-refractivity contribution in [2.24, 2.45) is 0 Å². The van der Waals surface area contributed by atoms with Crippen LogP contribution in [0.4, 0.5) is 11.4 Å². The fourth-order valence-electron chi connectivity index (χ4n) is 3.01. The number of nitrogen functional groups attached to an aromatic ring is 1. The van der Waals surface area contributed by atoms with Gasteiger partial charge in [0, 0.05) is 30.5 Å². The molecule has 25 heavy (non-hydrogen) atoms. The Morgan fingerprint density at radius 1 is 1.32 bits per heavy atom. The van der Waals surface area contributed by atoms with E-state index < -0.39 is 5.97 Å². The van der Waals surface area contributed by atoms with Crippen LogP contribution in [0.25, 0.3) is 5.69 Å². The highest BCUT2D eigenvalue weighted by Gasteiger charge is 2.23. The van der Waals surface area contributed by atoms with Crippen molar-refractivity contribution in [2.75, 3.05) is 24.3 Å². The standard InChI is InChI=1S/C18H18N4O3/c1-25-18(24)17-16(20)12(10-19)11-22(17)14-6-4-5-13(9-14)21-8-3-2-7-15(21)23/h4-6,9,11H,2-3,7-8,20H2,1H3. The largest absolute Gasteiger partial charge is 0.464 e. The predicted octanol–water partition coefficient (Wildman–Crippen LogP) is 2.23. The first-order chi connectivity index (χ1) is 12.1. The van der Waals surface area contributed by atoms with E-state index in [1.165, 1.54) is 17.9 Å². The molecule has 0 aliphatic carbocycles. The molecule has 1 aromatic carbocycles. The van der Waals surface area contributed by atoms with E-state index in [0.29, 0.717) is 18.7 Å². The van der Waals surface area contributed by atoms with Crippen LogP contribution in [0.1, 0.15) is 35.3 Å². The van der Waals surface area contributed by atoms with E-state index >= 15 is 0 Å². The minimum atomic E-state index is -0.626. The normalized spacial score (nSPS) is 14.2. The summed E-state index contributed by atoms with van der Waals surface area (Å²) in [6.45, 7) is 0.670. The summed E-state index contributed by atoms with van der Waals surface area (Å²) in [5.74, 6) is -0.542. The fourth-order valence-corrected chi connectivity index (χ4v) is 3.01. The number of hydrogen-bond acceptors (Lipinski definition) is 5. The van der Waals surface area contributed by atoms with E-state index in [1.54, 1.807) is 23.1 Å². The van der Waals surface area contributed by atoms with E-state index in [1.807, 2.05) is 12.1 Å². The summed E-state index contributed by atoms with van der Waals surface area (Å²) in [4.78, 5) is 26.0. The minimum Gasteiger partial charge on any atom is -0.464 e. The van der Waals surface area contributed by atoms with E-state index in [9.17, 15) is 14.9 Å². The molecule has 0 unspecified atom stereocenters. The number of ether oxygens (including phenoxy) is 1. The third kappa shape index (κ3) is 2.94. The second kappa shape index (κ2) is 6.69. The minimum absolute atomic E-state index is 0.0776. The van der Waals surface area contributed by atoms with Gasteiger partial charge in [0.05, 0.1) is 18.4 Å². The van der Waals surface area contributed by atoms with Crippen molar-refractivity contribution in [1.29, 1.82) is 5.26 Å². The number of benzene rings is 1. The van der Waals surface area contributed by atoms with E-state index in [-0.39, 0.29) is 22.9 Å². The quantitative estimate of drug-likeness (QED) is 0.865. The first-order valence-corrected chi connectivity index (χ1v) is 7.97. The molecule has 1 aliphatic heterocycles. The second-order valence-electron chi connectivity index (χ2n) is 5.80. The monoisotopic (exact) mass is 338 g/mol. The van der Waals surface area contributed by atoms with Crippen molar-refractivity contribution < 1.29 is 14.3 Å². The van der Waals surface area contributed by atoms with Crippen molar-refractivity contribution >= 4 is 23.3 Å². The lowest BCUT2D eigenvalue weighted by Crippen LogP contribution is -2.35. The molecule has 2 heterocycles. The zero-order valence-electron chi connectivity index (χ0n) is 13.9. The van der Waals surface area contributed by atoms with Crippen molar-refractivity contribution in [3.63, 3.8) is 0 Å². The van der Waals surface area contributed by atoms with Gasteiger partial charge in [-0.3, -0.25) is 4.79 Å². The molecule has 0 saturated carbocycles. The molecule has 0 bridgehead atoms. The van der Waals surface area contributed by atoms with Gasteiger partial charge in [-0.2, -0.15) is 5.26 Å². The van der Waals surface area contributed by atoms with Gasteiger partial charge in [-0.1, -0.05) is 6.07 Å². The molecular formula is C18H18N4O3. The number of piperidine rings is 1. The zero-order chi connectivity index (χ0) is 18.0. The van der Waals surface area contributed by atoms with Crippen LogP contribution in [0, 0.1) is 11.3 Å². The van der Waals surface area contributed by atoms with Gasteiger partial charge in [-0.25, -0.2) is 4.79 Å². The number of esters is 1. The van der Waals surface area contributed by atoms with Crippen LogP contribution in [-0.2, 0) is 9.53 Å². The summed E-state index contributed by atoms with van der Waals surface area (Å²) in [5.41, 5.74) is 7.68. The summed E-state index contributed by atoms with van der Waals surface area (Å²) >= 11 is 0. The number of amides is 1. The molecule has 7 nitrogen and oxygen atoms in total. The molecule has 0 spiro atoms. The highest BCUT2D eigenvalue weighted by atomic mass is 16.5. The molecule has 3 rings (SSSR count). The van der Waals surface area contributed by atoms with Crippen LogP contribution in [0.2, 0.25) is 0 Å². The number of nitrogens with zero attached hydrogens (tertiary/aromatic N) is 3. The maximum atomic E-state index is 12.2. The number of carbonyl (C=O) groups is 2. The summed E-state index contributed by atoms with van der Waals surface area (Å²) in [5, 5.41) is 9.20. The molecule has 1 aromatic heterocycles. The van der Waals surface area contributed by atoms with Crippen LogP contribution >= 0.6 is 0 Å². The van der Waals surface area contributed by atoms with Gasteiger partial charge in [-0.15, -0.1) is 0 Å². The number of aromatic nitrogens is 1. The summed E-state index contributed by atoms with van der Waals surface area (Å²) in [7, 11) is 1.26. The molecule has 1 fully saturated rings. The molecule has 7 heteroatoms. The SMILES string of the molecule is COC(=O)c1c(N)c(C#N)cn1-c1cccc(N2CCCCC2=O)c1. The number of rotatable bonds is 3. The molecular weight excluding hydrogens is 320 g/mol. The Kier molecular flexibility index (Phi) is 4.44. The maximum absolute atomic E-state index is 12.2. The lowest BCUT2D eigenvalue weighted by atomic mass is 10.1. The Balaban J connectivity index is 2.09. The first-order valence-electron chi connectivity index (χ1n) is 7.97. The predicted molar refractivity (Wildman–Crippen MR) is 92.4 cm³/mol. The van der Waals surface area contributed by atoms with E-state index in [2.05, 4.69) is 0 Å².